The third-order valence-corrected chi connectivity index (χ3v) is 3.31. The first kappa shape index (κ1) is 14.9. The Morgan fingerprint density at radius 3 is 2.18 bits per heavy atom. The first-order valence-corrected chi connectivity index (χ1v) is 6.95. The Kier molecular flexibility index (Phi) is 5.90. The summed E-state index contributed by atoms with van der Waals surface area (Å²) in [4.78, 5) is 0. The SMILES string of the molecule is CC(C)CC(CC(C)C)NCC1(O)CCOC1. The third kappa shape index (κ3) is 5.84. The summed E-state index contributed by atoms with van der Waals surface area (Å²) in [5, 5.41) is 13.8. The van der Waals surface area contributed by atoms with Gasteiger partial charge in [0.1, 0.15) is 5.60 Å². The summed E-state index contributed by atoms with van der Waals surface area (Å²) in [6, 6.07) is 0.514. The zero-order valence-electron chi connectivity index (χ0n) is 11.8. The molecular weight excluding hydrogens is 214 g/mol. The molecule has 0 aliphatic carbocycles. The molecule has 0 amide bonds. The van der Waals surface area contributed by atoms with Crippen LogP contribution in [-0.4, -0.2) is 36.5 Å². The molecular formula is C14H29NO2. The third-order valence-electron chi connectivity index (χ3n) is 3.31. The molecule has 0 radical (unpaired) electrons. The van der Waals surface area contributed by atoms with Gasteiger partial charge in [-0.05, 0) is 24.7 Å². The van der Waals surface area contributed by atoms with E-state index in [0.29, 0.717) is 37.6 Å². The van der Waals surface area contributed by atoms with Gasteiger partial charge in [0.05, 0.1) is 6.61 Å². The van der Waals surface area contributed by atoms with E-state index in [0.717, 1.165) is 6.42 Å². The molecule has 1 aliphatic rings. The number of hydrogen-bond donors (Lipinski definition) is 2. The van der Waals surface area contributed by atoms with Crippen LogP contribution in [0.3, 0.4) is 0 Å². The lowest BCUT2D eigenvalue weighted by atomic mass is 9.94. The second-order valence-electron chi connectivity index (χ2n) is 6.36. The summed E-state index contributed by atoms with van der Waals surface area (Å²) in [5.74, 6) is 1.39. The van der Waals surface area contributed by atoms with E-state index in [-0.39, 0.29) is 0 Å². The van der Waals surface area contributed by atoms with Gasteiger partial charge in [-0.2, -0.15) is 0 Å². The Balaban J connectivity index is 2.36. The van der Waals surface area contributed by atoms with Gasteiger partial charge >= 0.3 is 0 Å². The highest BCUT2D eigenvalue weighted by Gasteiger charge is 2.32. The van der Waals surface area contributed by atoms with Crippen molar-refractivity contribution in [3.8, 4) is 0 Å². The fourth-order valence-electron chi connectivity index (χ4n) is 2.47. The molecule has 17 heavy (non-hydrogen) atoms. The Morgan fingerprint density at radius 1 is 1.18 bits per heavy atom. The first-order valence-electron chi connectivity index (χ1n) is 6.95. The molecule has 1 unspecified atom stereocenters. The maximum absolute atomic E-state index is 10.2. The van der Waals surface area contributed by atoms with Gasteiger partial charge in [0.15, 0.2) is 0 Å². The molecule has 0 spiro atoms. The Bertz CT molecular complexity index is 200. The first-order chi connectivity index (χ1) is 7.91. The standard InChI is InChI=1S/C14H29NO2/c1-11(2)7-13(8-12(3)4)15-9-14(16)5-6-17-10-14/h11-13,15-16H,5-10H2,1-4H3. The van der Waals surface area contributed by atoms with E-state index in [1.165, 1.54) is 12.8 Å². The molecule has 1 aliphatic heterocycles. The molecule has 0 aromatic rings. The number of aliphatic hydroxyl groups is 1. The minimum absolute atomic E-state index is 0.482. The van der Waals surface area contributed by atoms with Crippen LogP contribution in [0, 0.1) is 11.8 Å². The second kappa shape index (κ2) is 6.72. The smallest absolute Gasteiger partial charge is 0.102 e. The van der Waals surface area contributed by atoms with Crippen molar-refractivity contribution < 1.29 is 9.84 Å². The van der Waals surface area contributed by atoms with E-state index in [4.69, 9.17) is 4.74 Å². The Morgan fingerprint density at radius 2 is 1.76 bits per heavy atom. The van der Waals surface area contributed by atoms with E-state index in [1.54, 1.807) is 0 Å². The molecule has 2 N–H and O–H groups in total. The molecule has 0 aromatic carbocycles. The minimum atomic E-state index is -0.633. The Hall–Kier alpha value is -0.120. The molecule has 1 fully saturated rings. The molecule has 3 nitrogen and oxygen atoms in total. The summed E-state index contributed by atoms with van der Waals surface area (Å²) >= 11 is 0. The average molecular weight is 243 g/mol. The topological polar surface area (TPSA) is 41.5 Å². The van der Waals surface area contributed by atoms with Crippen LogP contribution in [0.15, 0.2) is 0 Å². The van der Waals surface area contributed by atoms with Crippen molar-refractivity contribution in [2.24, 2.45) is 11.8 Å². The molecule has 1 rings (SSSR count). The van der Waals surface area contributed by atoms with Crippen LogP contribution in [0.25, 0.3) is 0 Å². The quantitative estimate of drug-likeness (QED) is 0.720. The lowest BCUT2D eigenvalue weighted by Gasteiger charge is -2.27. The Labute approximate surface area is 106 Å². The maximum Gasteiger partial charge on any atom is 0.102 e. The summed E-state index contributed by atoms with van der Waals surface area (Å²) in [7, 11) is 0. The van der Waals surface area contributed by atoms with Gasteiger partial charge in [-0.3, -0.25) is 0 Å². The van der Waals surface area contributed by atoms with Crippen LogP contribution >= 0.6 is 0 Å². The number of ether oxygens (including phenoxy) is 1. The lowest BCUT2D eigenvalue weighted by molar-refractivity contribution is 0.0236. The molecule has 0 bridgehead atoms. The van der Waals surface area contributed by atoms with Crippen molar-refractivity contribution in [2.45, 2.75) is 58.6 Å². The van der Waals surface area contributed by atoms with E-state index in [2.05, 4.69) is 33.0 Å². The van der Waals surface area contributed by atoms with Crippen molar-refractivity contribution in [1.29, 1.82) is 0 Å². The minimum Gasteiger partial charge on any atom is -0.386 e. The van der Waals surface area contributed by atoms with E-state index in [1.807, 2.05) is 0 Å². The zero-order valence-corrected chi connectivity index (χ0v) is 11.8. The molecule has 1 saturated heterocycles. The fraction of sp³-hybridized carbons (Fsp3) is 1.00. The number of nitrogens with one attached hydrogen (secondary N) is 1. The van der Waals surface area contributed by atoms with Crippen LogP contribution in [0.4, 0.5) is 0 Å². The van der Waals surface area contributed by atoms with Gasteiger partial charge in [-0.1, -0.05) is 27.7 Å². The van der Waals surface area contributed by atoms with E-state index >= 15 is 0 Å². The predicted molar refractivity (Wildman–Crippen MR) is 71.1 cm³/mol. The fourth-order valence-corrected chi connectivity index (χ4v) is 2.47. The normalized spacial score (nSPS) is 25.4. The van der Waals surface area contributed by atoms with Crippen molar-refractivity contribution >= 4 is 0 Å². The number of hydrogen-bond acceptors (Lipinski definition) is 3. The van der Waals surface area contributed by atoms with Crippen molar-refractivity contribution in [3.63, 3.8) is 0 Å². The second-order valence-corrected chi connectivity index (χ2v) is 6.36. The lowest BCUT2D eigenvalue weighted by Crippen LogP contribution is -2.45. The van der Waals surface area contributed by atoms with Gasteiger partial charge in [0.25, 0.3) is 0 Å². The van der Waals surface area contributed by atoms with Crippen molar-refractivity contribution in [2.75, 3.05) is 19.8 Å². The molecule has 1 heterocycles. The molecule has 1 atom stereocenters. The van der Waals surface area contributed by atoms with Gasteiger partial charge in [0.2, 0.25) is 0 Å². The molecule has 0 aromatic heterocycles. The molecule has 3 heteroatoms. The van der Waals surface area contributed by atoms with Gasteiger partial charge < -0.3 is 15.2 Å². The summed E-state index contributed by atoms with van der Waals surface area (Å²) in [6.07, 6.45) is 3.11. The molecule has 102 valence electrons. The van der Waals surface area contributed by atoms with E-state index in [9.17, 15) is 5.11 Å². The largest absolute Gasteiger partial charge is 0.386 e. The van der Waals surface area contributed by atoms with E-state index < -0.39 is 5.60 Å². The highest BCUT2D eigenvalue weighted by Crippen LogP contribution is 2.19. The van der Waals surface area contributed by atoms with Crippen molar-refractivity contribution in [3.05, 3.63) is 0 Å². The van der Waals surface area contributed by atoms with Crippen LogP contribution in [-0.2, 0) is 4.74 Å². The van der Waals surface area contributed by atoms with Crippen LogP contribution < -0.4 is 5.32 Å². The highest BCUT2D eigenvalue weighted by molar-refractivity contribution is 4.86. The maximum atomic E-state index is 10.2. The van der Waals surface area contributed by atoms with Crippen LogP contribution in [0.5, 0.6) is 0 Å². The molecule has 0 saturated carbocycles. The van der Waals surface area contributed by atoms with Gasteiger partial charge in [0, 0.05) is 25.6 Å². The number of rotatable bonds is 7. The monoisotopic (exact) mass is 243 g/mol. The van der Waals surface area contributed by atoms with Gasteiger partial charge in [-0.15, -0.1) is 0 Å². The zero-order chi connectivity index (χ0) is 12.9. The van der Waals surface area contributed by atoms with Crippen molar-refractivity contribution in [1.82, 2.24) is 5.32 Å². The highest BCUT2D eigenvalue weighted by atomic mass is 16.5. The summed E-state index contributed by atoms with van der Waals surface area (Å²) in [6.45, 7) is 10.8. The van der Waals surface area contributed by atoms with Crippen LogP contribution in [0.2, 0.25) is 0 Å². The predicted octanol–water partition coefficient (Wildman–Crippen LogP) is 2.19. The summed E-state index contributed by atoms with van der Waals surface area (Å²) in [5.41, 5.74) is -0.633. The van der Waals surface area contributed by atoms with Crippen LogP contribution in [0.1, 0.15) is 47.0 Å². The average Bonchev–Trinajstić information content (AvgIpc) is 2.61. The summed E-state index contributed by atoms with van der Waals surface area (Å²) < 4.78 is 5.26. The van der Waals surface area contributed by atoms with Gasteiger partial charge in [-0.25, -0.2) is 0 Å².